The minimum atomic E-state index is -2.73. The van der Waals surface area contributed by atoms with Gasteiger partial charge >= 0.3 is 0 Å². The molecule has 1 aliphatic heterocycles. The van der Waals surface area contributed by atoms with Crippen molar-refractivity contribution in [3.05, 3.63) is 47.6 Å². The van der Waals surface area contributed by atoms with Crippen LogP contribution in [-0.2, 0) is 7.05 Å². The average Bonchev–Trinajstić information content (AvgIpc) is 3.08. The molecule has 0 unspecified atom stereocenters. The van der Waals surface area contributed by atoms with Gasteiger partial charge in [0.2, 0.25) is 5.95 Å². The molecule has 1 fully saturated rings. The summed E-state index contributed by atoms with van der Waals surface area (Å²) >= 11 is 0. The number of halogens is 2. The molecule has 0 radical (unpaired) electrons. The van der Waals surface area contributed by atoms with Crippen molar-refractivity contribution < 1.29 is 13.6 Å². The predicted octanol–water partition coefficient (Wildman–Crippen LogP) is 3.27. The van der Waals surface area contributed by atoms with Crippen molar-refractivity contribution in [2.75, 3.05) is 13.1 Å². The Morgan fingerprint density at radius 1 is 1.31 bits per heavy atom. The first-order valence-corrected chi connectivity index (χ1v) is 9.47. The van der Waals surface area contributed by atoms with Crippen LogP contribution in [0.3, 0.4) is 0 Å². The molecule has 0 N–H and O–H groups in total. The molecule has 1 aliphatic rings. The monoisotopic (exact) mass is 402 g/mol. The summed E-state index contributed by atoms with van der Waals surface area (Å²) in [6, 6.07) is 3.55. The minimum absolute atomic E-state index is 0.0137. The first kappa shape index (κ1) is 20.8. The number of aryl methyl sites for hydroxylation is 3. The van der Waals surface area contributed by atoms with E-state index >= 15 is 0 Å². The molecule has 1 atom stereocenters. The number of hydrogen-bond donors (Lipinski definition) is 0. The molecule has 0 spiro atoms. The molecule has 1 amide bonds. The summed E-state index contributed by atoms with van der Waals surface area (Å²) in [4.78, 5) is 26.7. The summed E-state index contributed by atoms with van der Waals surface area (Å²) in [6.45, 7) is 4.84. The van der Waals surface area contributed by atoms with Crippen LogP contribution in [0, 0.1) is 19.8 Å². The van der Waals surface area contributed by atoms with Gasteiger partial charge in [0.15, 0.2) is 0 Å². The SMILES string of the molecule is Cc1cc(C(=O)N2CCC[C@H](/C=C/C(=N\c3ncnn3C)C(F)F)C2)cc(C)n1. The Labute approximate surface area is 168 Å². The number of hydrogen-bond acceptors (Lipinski definition) is 5. The third kappa shape index (κ3) is 5.30. The number of piperidine rings is 1. The second kappa shape index (κ2) is 9.02. The number of nitrogens with zero attached hydrogens (tertiary/aromatic N) is 6. The molecule has 3 rings (SSSR count). The van der Waals surface area contributed by atoms with Crippen molar-refractivity contribution in [3.8, 4) is 0 Å². The van der Waals surface area contributed by atoms with Crippen molar-refractivity contribution in [3.63, 3.8) is 0 Å². The fourth-order valence-corrected chi connectivity index (χ4v) is 3.39. The van der Waals surface area contributed by atoms with Crippen LogP contribution in [-0.4, -0.2) is 55.8 Å². The van der Waals surface area contributed by atoms with Gasteiger partial charge in [-0.3, -0.25) is 9.78 Å². The molecule has 0 aliphatic carbocycles. The van der Waals surface area contributed by atoms with E-state index in [-0.39, 0.29) is 23.5 Å². The van der Waals surface area contributed by atoms with Gasteiger partial charge in [-0.05, 0) is 50.8 Å². The number of carbonyl (C=O) groups is 1. The number of likely N-dealkylation sites (tertiary alicyclic amines) is 1. The van der Waals surface area contributed by atoms with Gasteiger partial charge < -0.3 is 4.90 Å². The molecular formula is C20H24F2N6O. The molecule has 0 aromatic carbocycles. The first-order chi connectivity index (χ1) is 13.8. The topological polar surface area (TPSA) is 76.3 Å². The Morgan fingerprint density at radius 3 is 2.66 bits per heavy atom. The molecule has 29 heavy (non-hydrogen) atoms. The normalized spacial score (nSPS) is 18.1. The van der Waals surface area contributed by atoms with Gasteiger partial charge in [-0.1, -0.05) is 6.08 Å². The van der Waals surface area contributed by atoms with Gasteiger partial charge in [-0.25, -0.2) is 18.5 Å². The van der Waals surface area contributed by atoms with Crippen LogP contribution in [0.4, 0.5) is 14.7 Å². The molecule has 2 aromatic rings. The highest BCUT2D eigenvalue weighted by Crippen LogP contribution is 2.21. The molecule has 2 aromatic heterocycles. The van der Waals surface area contributed by atoms with E-state index in [4.69, 9.17) is 0 Å². The number of allylic oxidation sites excluding steroid dienone is 1. The molecule has 0 saturated carbocycles. The number of carbonyl (C=O) groups excluding carboxylic acids is 1. The Balaban J connectivity index is 1.72. The zero-order valence-electron chi connectivity index (χ0n) is 16.7. The molecule has 3 heterocycles. The molecule has 7 nitrogen and oxygen atoms in total. The fourth-order valence-electron chi connectivity index (χ4n) is 3.39. The van der Waals surface area contributed by atoms with Crippen molar-refractivity contribution in [2.24, 2.45) is 18.0 Å². The van der Waals surface area contributed by atoms with E-state index in [1.807, 2.05) is 13.8 Å². The van der Waals surface area contributed by atoms with E-state index < -0.39 is 6.43 Å². The maximum absolute atomic E-state index is 13.4. The lowest BCUT2D eigenvalue weighted by Crippen LogP contribution is -2.39. The van der Waals surface area contributed by atoms with Crippen LogP contribution < -0.4 is 0 Å². The highest BCUT2D eigenvalue weighted by molar-refractivity contribution is 5.98. The smallest absolute Gasteiger partial charge is 0.280 e. The fraction of sp³-hybridized carbons (Fsp3) is 0.450. The molecule has 154 valence electrons. The van der Waals surface area contributed by atoms with Crippen LogP contribution in [0.2, 0.25) is 0 Å². The van der Waals surface area contributed by atoms with Gasteiger partial charge in [0, 0.05) is 37.1 Å². The Morgan fingerprint density at radius 2 is 2.03 bits per heavy atom. The highest BCUT2D eigenvalue weighted by Gasteiger charge is 2.24. The summed E-state index contributed by atoms with van der Waals surface area (Å²) in [7, 11) is 1.59. The standard InChI is InChI=1S/C20H24F2N6O/c1-13-9-16(10-14(2)25-13)19(29)28-8-4-5-15(11-28)6-7-17(18(21)22)26-20-23-12-24-27(20)3/h6-7,9-10,12,15,18H,4-5,8,11H2,1-3H3/b7-6+,26-17+/t15-/m1/s1. The third-order valence-corrected chi connectivity index (χ3v) is 4.75. The van der Waals surface area contributed by atoms with Crippen LogP contribution in [0.25, 0.3) is 0 Å². The van der Waals surface area contributed by atoms with Crippen LogP contribution in [0.15, 0.2) is 35.6 Å². The minimum Gasteiger partial charge on any atom is -0.338 e. The van der Waals surface area contributed by atoms with Crippen LogP contribution in [0.5, 0.6) is 0 Å². The maximum Gasteiger partial charge on any atom is 0.280 e. The van der Waals surface area contributed by atoms with Crippen molar-refractivity contribution in [2.45, 2.75) is 33.1 Å². The number of aliphatic imine (C=N–C) groups is 1. The van der Waals surface area contributed by atoms with E-state index in [0.717, 1.165) is 24.2 Å². The lowest BCUT2D eigenvalue weighted by molar-refractivity contribution is 0.0695. The summed E-state index contributed by atoms with van der Waals surface area (Å²) in [5.41, 5.74) is 1.83. The van der Waals surface area contributed by atoms with Crippen LogP contribution >= 0.6 is 0 Å². The predicted molar refractivity (Wildman–Crippen MR) is 106 cm³/mol. The van der Waals surface area contributed by atoms with Crippen molar-refractivity contribution in [1.82, 2.24) is 24.6 Å². The summed E-state index contributed by atoms with van der Waals surface area (Å²) in [6.07, 6.45) is 3.22. The quantitative estimate of drug-likeness (QED) is 0.720. The molecule has 9 heteroatoms. The van der Waals surface area contributed by atoms with E-state index in [1.165, 1.54) is 17.1 Å². The molecule has 0 bridgehead atoms. The zero-order chi connectivity index (χ0) is 21.0. The van der Waals surface area contributed by atoms with Crippen LogP contribution in [0.1, 0.15) is 34.6 Å². The summed E-state index contributed by atoms with van der Waals surface area (Å²) in [5.74, 6) is 0.0486. The van der Waals surface area contributed by atoms with Gasteiger partial charge in [-0.2, -0.15) is 10.1 Å². The van der Waals surface area contributed by atoms with E-state index in [0.29, 0.717) is 18.7 Å². The Hall–Kier alpha value is -2.97. The number of rotatable bonds is 5. The van der Waals surface area contributed by atoms with E-state index in [9.17, 15) is 13.6 Å². The molecular weight excluding hydrogens is 378 g/mol. The first-order valence-electron chi connectivity index (χ1n) is 9.47. The molecule has 1 saturated heterocycles. The number of alkyl halides is 2. The average molecular weight is 402 g/mol. The second-order valence-corrected chi connectivity index (χ2v) is 7.17. The number of amides is 1. The van der Waals surface area contributed by atoms with E-state index in [1.54, 1.807) is 30.2 Å². The van der Waals surface area contributed by atoms with Gasteiger partial charge in [0.05, 0.1) is 0 Å². The summed E-state index contributed by atoms with van der Waals surface area (Å²) < 4.78 is 28.1. The lowest BCUT2D eigenvalue weighted by atomic mass is 9.96. The highest BCUT2D eigenvalue weighted by atomic mass is 19.3. The van der Waals surface area contributed by atoms with Crippen molar-refractivity contribution >= 4 is 17.6 Å². The number of pyridine rings is 1. The van der Waals surface area contributed by atoms with Gasteiger partial charge in [0.25, 0.3) is 12.3 Å². The second-order valence-electron chi connectivity index (χ2n) is 7.17. The summed E-state index contributed by atoms with van der Waals surface area (Å²) in [5, 5.41) is 3.83. The van der Waals surface area contributed by atoms with Crippen molar-refractivity contribution in [1.29, 1.82) is 0 Å². The maximum atomic E-state index is 13.4. The Kier molecular flexibility index (Phi) is 6.46. The van der Waals surface area contributed by atoms with E-state index in [2.05, 4.69) is 20.1 Å². The van der Waals surface area contributed by atoms with Gasteiger partial charge in [-0.15, -0.1) is 0 Å². The lowest BCUT2D eigenvalue weighted by Gasteiger charge is -2.31. The van der Waals surface area contributed by atoms with Gasteiger partial charge in [0.1, 0.15) is 12.0 Å². The third-order valence-electron chi connectivity index (χ3n) is 4.75. The Bertz CT molecular complexity index is 917. The zero-order valence-corrected chi connectivity index (χ0v) is 16.7. The number of aromatic nitrogens is 4. The largest absolute Gasteiger partial charge is 0.338 e.